The lowest BCUT2D eigenvalue weighted by Crippen LogP contribution is -2.44. The Morgan fingerprint density at radius 2 is 2.03 bits per heavy atom. The van der Waals surface area contributed by atoms with Gasteiger partial charge in [0.1, 0.15) is 11.9 Å². The Morgan fingerprint density at radius 3 is 2.77 bits per heavy atom. The number of nitrogens with zero attached hydrogens (tertiary/aromatic N) is 2. The van der Waals surface area contributed by atoms with Crippen molar-refractivity contribution in [2.75, 3.05) is 26.7 Å². The molecule has 0 amide bonds. The number of carboxylic acids is 1. The number of halogens is 1. The minimum Gasteiger partial charge on any atom is -0.497 e. The maximum Gasteiger partial charge on any atom is 0.308 e. The normalized spacial score (nSPS) is 19.5. The Bertz CT molecular complexity index is 1130. The maximum atomic E-state index is 15.4. The van der Waals surface area contributed by atoms with Crippen molar-refractivity contribution >= 4 is 16.9 Å². The van der Waals surface area contributed by atoms with Crippen LogP contribution < -0.4 is 4.74 Å². The fourth-order valence-electron chi connectivity index (χ4n) is 5.22. The van der Waals surface area contributed by atoms with Crippen molar-refractivity contribution in [3.8, 4) is 5.75 Å². The van der Waals surface area contributed by atoms with Gasteiger partial charge in [0.05, 0.1) is 18.5 Å². The zero-order valence-corrected chi connectivity index (χ0v) is 20.6. The molecule has 0 unspecified atom stereocenters. The summed E-state index contributed by atoms with van der Waals surface area (Å²) in [5.41, 5.74) is 3.89. The predicted octanol–water partition coefficient (Wildman–Crippen LogP) is 6.00. The SMILES string of the molecule is COc1ccc2nccc([C@@H](F)CC[C@@H]3CCN(CCCc4ccc(C)cc4)C[C@@H]3C(=O)O)c2c1. The van der Waals surface area contributed by atoms with Gasteiger partial charge in [0.2, 0.25) is 0 Å². The molecule has 0 spiro atoms. The smallest absolute Gasteiger partial charge is 0.308 e. The fraction of sp³-hybridized carbons (Fsp3) is 0.448. The molecule has 3 atom stereocenters. The third kappa shape index (κ3) is 6.37. The van der Waals surface area contributed by atoms with Crippen LogP contribution in [-0.2, 0) is 11.2 Å². The van der Waals surface area contributed by atoms with Gasteiger partial charge in [0.15, 0.2) is 0 Å². The number of hydrogen-bond acceptors (Lipinski definition) is 4. The van der Waals surface area contributed by atoms with Crippen molar-refractivity contribution < 1.29 is 19.0 Å². The van der Waals surface area contributed by atoms with Crippen molar-refractivity contribution in [3.05, 3.63) is 71.4 Å². The number of aliphatic carboxylic acids is 1. The molecule has 6 heteroatoms. The van der Waals surface area contributed by atoms with E-state index in [9.17, 15) is 9.90 Å². The zero-order chi connectivity index (χ0) is 24.8. The summed E-state index contributed by atoms with van der Waals surface area (Å²) in [5.74, 6) is -0.571. The molecule has 1 aliphatic heterocycles. The van der Waals surface area contributed by atoms with E-state index in [0.717, 1.165) is 43.3 Å². The van der Waals surface area contributed by atoms with Crippen molar-refractivity contribution in [1.29, 1.82) is 0 Å². The molecule has 0 bridgehead atoms. The first-order chi connectivity index (χ1) is 16.9. The van der Waals surface area contributed by atoms with Gasteiger partial charge in [-0.3, -0.25) is 9.78 Å². The zero-order valence-electron chi connectivity index (χ0n) is 20.6. The molecular formula is C29H35FN2O3. The van der Waals surface area contributed by atoms with Crippen molar-refractivity contribution in [1.82, 2.24) is 9.88 Å². The summed E-state index contributed by atoms with van der Waals surface area (Å²) >= 11 is 0. The van der Waals surface area contributed by atoms with E-state index < -0.39 is 18.1 Å². The summed E-state index contributed by atoms with van der Waals surface area (Å²) in [5, 5.41) is 10.6. The number of rotatable bonds is 10. The van der Waals surface area contributed by atoms with E-state index in [2.05, 4.69) is 41.1 Å². The third-order valence-corrected chi connectivity index (χ3v) is 7.33. The number of likely N-dealkylation sites (tertiary alicyclic amines) is 1. The number of pyridine rings is 1. The number of fused-ring (bicyclic) bond motifs is 1. The van der Waals surface area contributed by atoms with Gasteiger partial charge < -0.3 is 14.7 Å². The van der Waals surface area contributed by atoms with Crippen LogP contribution in [0.2, 0.25) is 0 Å². The monoisotopic (exact) mass is 478 g/mol. The molecule has 35 heavy (non-hydrogen) atoms. The number of benzene rings is 2. The highest BCUT2D eigenvalue weighted by molar-refractivity contribution is 5.83. The first kappa shape index (κ1) is 25.1. The number of alkyl halides is 1. The van der Waals surface area contributed by atoms with E-state index in [-0.39, 0.29) is 5.92 Å². The standard InChI is InChI=1S/C29H35FN2O3/c1-20-5-7-21(8-6-20)4-3-16-32-17-14-22(26(19-32)29(33)34)9-11-27(30)24-13-15-31-28-12-10-23(35-2)18-25(24)28/h5-8,10,12-13,15,18,22,26-27H,3-4,9,11,14,16-17,19H2,1-2H3,(H,33,34)/t22-,26+,27+/m1/s1. The molecule has 2 heterocycles. The highest BCUT2D eigenvalue weighted by atomic mass is 19.1. The molecule has 0 saturated carbocycles. The second kappa shape index (κ2) is 11.6. The van der Waals surface area contributed by atoms with Crippen molar-refractivity contribution in [3.63, 3.8) is 0 Å². The molecular weight excluding hydrogens is 443 g/mol. The van der Waals surface area contributed by atoms with Gasteiger partial charge in [0.25, 0.3) is 0 Å². The van der Waals surface area contributed by atoms with Crippen LogP contribution in [0.3, 0.4) is 0 Å². The lowest BCUT2D eigenvalue weighted by atomic mass is 9.81. The summed E-state index contributed by atoms with van der Waals surface area (Å²) < 4.78 is 20.7. The Morgan fingerprint density at radius 1 is 1.23 bits per heavy atom. The first-order valence-electron chi connectivity index (χ1n) is 12.5. The van der Waals surface area contributed by atoms with Gasteiger partial charge in [-0.15, -0.1) is 0 Å². The number of carboxylic acid groups (broad SMARTS) is 1. The molecule has 1 aliphatic rings. The van der Waals surface area contributed by atoms with Gasteiger partial charge in [-0.05, 0) is 93.4 Å². The summed E-state index contributed by atoms with van der Waals surface area (Å²) in [6.07, 6.45) is 4.11. The van der Waals surface area contributed by atoms with Crippen LogP contribution in [0.1, 0.15) is 48.5 Å². The number of methoxy groups -OCH3 is 1. The molecule has 1 fully saturated rings. The Labute approximate surface area is 206 Å². The molecule has 1 N–H and O–H groups in total. The van der Waals surface area contributed by atoms with E-state index in [4.69, 9.17) is 4.74 Å². The van der Waals surface area contributed by atoms with E-state index in [1.54, 1.807) is 19.4 Å². The van der Waals surface area contributed by atoms with Crippen LogP contribution in [0.5, 0.6) is 5.75 Å². The molecule has 1 aromatic heterocycles. The molecule has 4 rings (SSSR count). The average Bonchev–Trinajstić information content (AvgIpc) is 2.88. The summed E-state index contributed by atoms with van der Waals surface area (Å²) in [6, 6.07) is 15.8. The van der Waals surface area contributed by atoms with Crippen molar-refractivity contribution in [2.24, 2.45) is 11.8 Å². The number of ether oxygens (including phenoxy) is 1. The number of hydrogen-bond donors (Lipinski definition) is 1. The minimum atomic E-state index is -1.17. The molecule has 186 valence electrons. The van der Waals surface area contributed by atoms with Gasteiger partial charge in [0, 0.05) is 18.1 Å². The summed E-state index contributed by atoms with van der Waals surface area (Å²) in [7, 11) is 1.59. The molecule has 3 aromatic rings. The lowest BCUT2D eigenvalue weighted by molar-refractivity contribution is -0.146. The lowest BCUT2D eigenvalue weighted by Gasteiger charge is -2.37. The highest BCUT2D eigenvalue weighted by Crippen LogP contribution is 2.35. The van der Waals surface area contributed by atoms with Gasteiger partial charge in [-0.1, -0.05) is 29.8 Å². The van der Waals surface area contributed by atoms with Crippen LogP contribution in [-0.4, -0.2) is 47.7 Å². The topological polar surface area (TPSA) is 62.7 Å². The number of aromatic nitrogens is 1. The van der Waals surface area contributed by atoms with Gasteiger partial charge >= 0.3 is 5.97 Å². The number of aryl methyl sites for hydroxylation is 2. The molecule has 0 radical (unpaired) electrons. The van der Waals surface area contributed by atoms with Gasteiger partial charge in [-0.25, -0.2) is 4.39 Å². The van der Waals surface area contributed by atoms with Crippen LogP contribution in [0.25, 0.3) is 10.9 Å². The Balaban J connectivity index is 1.32. The molecule has 0 aliphatic carbocycles. The second-order valence-corrected chi connectivity index (χ2v) is 9.71. The molecule has 2 aromatic carbocycles. The Hall–Kier alpha value is -2.99. The van der Waals surface area contributed by atoms with Crippen molar-refractivity contribution in [2.45, 2.75) is 45.2 Å². The predicted molar refractivity (Wildman–Crippen MR) is 137 cm³/mol. The third-order valence-electron chi connectivity index (χ3n) is 7.33. The van der Waals surface area contributed by atoms with E-state index in [1.807, 2.05) is 18.2 Å². The minimum absolute atomic E-state index is 0.0123. The van der Waals surface area contributed by atoms with Crippen LogP contribution in [0, 0.1) is 18.8 Å². The second-order valence-electron chi connectivity index (χ2n) is 9.71. The maximum absolute atomic E-state index is 15.4. The van der Waals surface area contributed by atoms with Crippen LogP contribution in [0.4, 0.5) is 4.39 Å². The fourth-order valence-corrected chi connectivity index (χ4v) is 5.22. The highest BCUT2D eigenvalue weighted by Gasteiger charge is 2.34. The largest absolute Gasteiger partial charge is 0.497 e. The average molecular weight is 479 g/mol. The van der Waals surface area contributed by atoms with Crippen LogP contribution >= 0.6 is 0 Å². The van der Waals surface area contributed by atoms with Gasteiger partial charge in [-0.2, -0.15) is 0 Å². The Kier molecular flexibility index (Phi) is 8.34. The number of piperidine rings is 1. The molecule has 1 saturated heterocycles. The first-order valence-corrected chi connectivity index (χ1v) is 12.5. The molecule has 5 nitrogen and oxygen atoms in total. The van der Waals surface area contributed by atoms with E-state index >= 15 is 4.39 Å². The van der Waals surface area contributed by atoms with Crippen LogP contribution in [0.15, 0.2) is 54.7 Å². The van der Waals surface area contributed by atoms with E-state index in [1.165, 1.54) is 11.1 Å². The quantitative estimate of drug-likeness (QED) is 0.387. The summed E-state index contributed by atoms with van der Waals surface area (Å²) in [4.78, 5) is 18.7. The summed E-state index contributed by atoms with van der Waals surface area (Å²) in [6.45, 7) is 4.39. The van der Waals surface area contributed by atoms with E-state index in [0.29, 0.717) is 30.7 Å². The number of carbonyl (C=O) groups is 1.